The van der Waals surface area contributed by atoms with E-state index in [-0.39, 0.29) is 6.54 Å². The Hall–Kier alpha value is -4.33. The molecule has 1 aromatic carbocycles. The number of rotatable bonds is 15. The molecule has 1 aromatic rings. The molecule has 7 N–H and O–H groups in total. The highest BCUT2D eigenvalue weighted by atomic mass is 16.2. The fourth-order valence-corrected chi connectivity index (χ4v) is 4.53. The smallest absolute Gasteiger partial charge is 0.290 e. The van der Waals surface area contributed by atoms with Gasteiger partial charge < -0.3 is 37.2 Å². The monoisotopic (exact) mass is 659 g/mol. The van der Waals surface area contributed by atoms with Crippen molar-refractivity contribution in [3.05, 3.63) is 35.9 Å². The largest absolute Gasteiger partial charge is 0.349 e. The van der Waals surface area contributed by atoms with E-state index in [2.05, 4.69) is 26.6 Å². The number of nitrogens with zero attached hydrogens (tertiary/aromatic N) is 1. The van der Waals surface area contributed by atoms with E-state index >= 15 is 0 Å². The maximum absolute atomic E-state index is 13.7. The van der Waals surface area contributed by atoms with Crippen LogP contribution in [0.2, 0.25) is 0 Å². The third-order valence-electron chi connectivity index (χ3n) is 7.44. The van der Waals surface area contributed by atoms with E-state index < -0.39 is 88.7 Å². The lowest BCUT2D eigenvalue weighted by atomic mass is 9.83. The summed E-state index contributed by atoms with van der Waals surface area (Å²) in [5.41, 5.74) is 4.61. The van der Waals surface area contributed by atoms with Gasteiger partial charge in [-0.15, -0.1) is 0 Å². The van der Waals surface area contributed by atoms with Crippen LogP contribution in [0.3, 0.4) is 0 Å². The van der Waals surface area contributed by atoms with E-state index in [1.54, 1.807) is 41.5 Å². The van der Waals surface area contributed by atoms with Gasteiger partial charge in [0, 0.05) is 14.1 Å². The Morgan fingerprint density at radius 3 is 1.72 bits per heavy atom. The molecule has 262 valence electrons. The Labute approximate surface area is 277 Å². The van der Waals surface area contributed by atoms with Crippen LogP contribution in [-0.2, 0) is 33.6 Å². The lowest BCUT2D eigenvalue weighted by Crippen LogP contribution is -2.63. The average molecular weight is 660 g/mol. The molecule has 14 nitrogen and oxygen atoms in total. The van der Waals surface area contributed by atoms with Gasteiger partial charge in [0.05, 0.1) is 25.0 Å². The molecule has 0 saturated heterocycles. The SMILES string of the molecule is CC[C@@H](NC(=O)C(=O)C(C)NC(=O)[C@H](CC(=O)N(C)C)NC(=O)[C@@H](NC(=O)[C@@H](NC(=O)CN)C(C)(C)C)C(C)(C)C)c1ccccc1. The first kappa shape index (κ1) is 40.7. The molecule has 1 rings (SSSR count). The maximum atomic E-state index is 13.7. The highest BCUT2D eigenvalue weighted by molar-refractivity contribution is 6.38. The van der Waals surface area contributed by atoms with Crippen LogP contribution in [0.4, 0.5) is 0 Å². The molecule has 0 heterocycles. The first-order valence-electron chi connectivity index (χ1n) is 15.6. The number of hydrogen-bond acceptors (Lipinski definition) is 8. The van der Waals surface area contributed by atoms with Gasteiger partial charge in [-0.3, -0.25) is 33.6 Å². The highest BCUT2D eigenvalue weighted by Gasteiger charge is 2.40. The van der Waals surface area contributed by atoms with E-state index in [9.17, 15) is 33.6 Å². The maximum Gasteiger partial charge on any atom is 0.290 e. The second-order valence-corrected chi connectivity index (χ2v) is 13.9. The van der Waals surface area contributed by atoms with Crippen LogP contribution in [0.25, 0.3) is 0 Å². The predicted molar refractivity (Wildman–Crippen MR) is 177 cm³/mol. The molecule has 1 unspecified atom stereocenters. The van der Waals surface area contributed by atoms with Gasteiger partial charge in [0.25, 0.3) is 5.91 Å². The zero-order valence-electron chi connectivity index (χ0n) is 29.3. The number of Topliss-reactive ketones (excluding diaryl/α,β-unsaturated/α-hetero) is 1. The molecular weight excluding hydrogens is 606 g/mol. The zero-order chi connectivity index (χ0) is 36.3. The summed E-state index contributed by atoms with van der Waals surface area (Å²) in [6.45, 7) is 13.1. The molecule has 0 aromatic heterocycles. The predicted octanol–water partition coefficient (Wildman–Crippen LogP) is 0.311. The van der Waals surface area contributed by atoms with Gasteiger partial charge in [0.15, 0.2) is 0 Å². The van der Waals surface area contributed by atoms with Crippen LogP contribution < -0.4 is 32.3 Å². The number of amides is 6. The molecule has 5 atom stereocenters. The fourth-order valence-electron chi connectivity index (χ4n) is 4.53. The zero-order valence-corrected chi connectivity index (χ0v) is 29.3. The molecule has 14 heteroatoms. The average Bonchev–Trinajstić information content (AvgIpc) is 2.98. The summed E-state index contributed by atoms with van der Waals surface area (Å²) >= 11 is 0. The van der Waals surface area contributed by atoms with Gasteiger partial charge in [0.2, 0.25) is 35.3 Å². The van der Waals surface area contributed by atoms with Crippen LogP contribution in [0.15, 0.2) is 30.3 Å². The van der Waals surface area contributed by atoms with E-state index in [0.717, 1.165) is 5.56 Å². The van der Waals surface area contributed by atoms with E-state index in [1.165, 1.54) is 25.9 Å². The van der Waals surface area contributed by atoms with Crippen LogP contribution in [0.5, 0.6) is 0 Å². The van der Waals surface area contributed by atoms with Crippen molar-refractivity contribution in [2.75, 3.05) is 20.6 Å². The van der Waals surface area contributed by atoms with Gasteiger partial charge in [-0.25, -0.2) is 0 Å². The van der Waals surface area contributed by atoms with Crippen molar-refractivity contribution in [2.24, 2.45) is 16.6 Å². The van der Waals surface area contributed by atoms with E-state index in [4.69, 9.17) is 5.73 Å². The number of nitrogens with two attached hydrogens (primary N) is 1. The van der Waals surface area contributed by atoms with Crippen LogP contribution in [0.1, 0.15) is 79.8 Å². The number of ketones is 1. The van der Waals surface area contributed by atoms with Gasteiger partial charge in [0.1, 0.15) is 18.1 Å². The van der Waals surface area contributed by atoms with Gasteiger partial charge in [-0.1, -0.05) is 78.8 Å². The molecule has 0 aliphatic rings. The summed E-state index contributed by atoms with van der Waals surface area (Å²) in [5.74, 6) is -5.16. The van der Waals surface area contributed by atoms with Crippen molar-refractivity contribution in [1.82, 2.24) is 31.5 Å². The molecule has 47 heavy (non-hydrogen) atoms. The molecule has 0 aliphatic carbocycles. The lowest BCUT2D eigenvalue weighted by molar-refractivity contribution is -0.141. The Morgan fingerprint density at radius 1 is 0.745 bits per heavy atom. The Morgan fingerprint density at radius 2 is 1.26 bits per heavy atom. The number of carbonyl (C=O) groups is 7. The second-order valence-electron chi connectivity index (χ2n) is 13.9. The summed E-state index contributed by atoms with van der Waals surface area (Å²) in [5, 5.41) is 12.9. The summed E-state index contributed by atoms with van der Waals surface area (Å²) in [7, 11) is 2.96. The second kappa shape index (κ2) is 17.5. The Balaban J connectivity index is 3.21. The minimum absolute atomic E-state index is 0.339. The molecule has 0 bridgehead atoms. The first-order chi connectivity index (χ1) is 21.6. The summed E-state index contributed by atoms with van der Waals surface area (Å²) in [6, 6.07) is 3.68. The van der Waals surface area contributed by atoms with Crippen LogP contribution >= 0.6 is 0 Å². The Kier molecular flexibility index (Phi) is 15.2. The summed E-state index contributed by atoms with van der Waals surface area (Å²) < 4.78 is 0. The van der Waals surface area contributed by atoms with Gasteiger partial charge >= 0.3 is 0 Å². The van der Waals surface area contributed by atoms with Crippen molar-refractivity contribution >= 4 is 41.2 Å². The van der Waals surface area contributed by atoms with Crippen LogP contribution in [-0.4, -0.2) is 90.9 Å². The third kappa shape index (κ3) is 12.8. The fraction of sp³-hybridized carbons (Fsp3) is 0.606. The molecule has 0 saturated carbocycles. The standard InChI is InChI=1S/C33H53N7O7/c1-11-21(20-15-13-12-14-16-20)36-29(45)25(43)19(2)35-28(44)22(17-24(42)40(9)10)37-30(46)27(33(6,7)8)39-31(47)26(32(3,4)5)38-23(41)18-34/h12-16,19,21-22,26-27H,11,17-18,34H2,1-10H3,(H,35,44)(H,36,45)(H,37,46)(H,38,41)(H,39,47)/t19?,21-,22+,26-,27-/m1/s1. The lowest BCUT2D eigenvalue weighted by Gasteiger charge is -2.36. The van der Waals surface area contributed by atoms with E-state index in [0.29, 0.717) is 6.42 Å². The number of nitrogens with one attached hydrogen (secondary N) is 5. The number of hydrogen-bond donors (Lipinski definition) is 6. The molecular formula is C33H53N7O7. The van der Waals surface area contributed by atoms with Crippen molar-refractivity contribution in [2.45, 2.75) is 98.4 Å². The third-order valence-corrected chi connectivity index (χ3v) is 7.44. The first-order valence-corrected chi connectivity index (χ1v) is 15.6. The molecule has 0 aliphatic heterocycles. The normalized spacial score (nSPS) is 14.7. The summed E-state index contributed by atoms with van der Waals surface area (Å²) in [6.07, 6.45) is 0.0531. The number of carbonyl (C=O) groups excluding carboxylic acids is 7. The quantitative estimate of drug-likeness (QED) is 0.144. The minimum atomic E-state index is -1.46. The highest BCUT2D eigenvalue weighted by Crippen LogP contribution is 2.23. The van der Waals surface area contributed by atoms with Crippen molar-refractivity contribution in [3.8, 4) is 0 Å². The van der Waals surface area contributed by atoms with E-state index in [1.807, 2.05) is 37.3 Å². The minimum Gasteiger partial charge on any atom is -0.349 e. The topological polar surface area (TPSA) is 209 Å². The molecule has 0 spiro atoms. The molecule has 6 amide bonds. The molecule has 0 radical (unpaired) electrons. The van der Waals surface area contributed by atoms with Crippen molar-refractivity contribution < 1.29 is 33.6 Å². The van der Waals surface area contributed by atoms with Crippen LogP contribution in [0, 0.1) is 10.8 Å². The summed E-state index contributed by atoms with van der Waals surface area (Å²) in [4.78, 5) is 92.3. The van der Waals surface area contributed by atoms with Crippen molar-refractivity contribution in [3.63, 3.8) is 0 Å². The van der Waals surface area contributed by atoms with Gasteiger partial charge in [-0.2, -0.15) is 0 Å². The molecule has 0 fully saturated rings. The Bertz CT molecular complexity index is 1290. The van der Waals surface area contributed by atoms with Gasteiger partial charge in [-0.05, 0) is 29.7 Å². The number of benzene rings is 1. The van der Waals surface area contributed by atoms with Crippen molar-refractivity contribution in [1.29, 1.82) is 0 Å².